The molecule has 1 atom stereocenters. The Morgan fingerprint density at radius 1 is 0.969 bits per heavy atom. The van der Waals surface area contributed by atoms with Crippen LogP contribution in [0.3, 0.4) is 0 Å². The summed E-state index contributed by atoms with van der Waals surface area (Å²) in [5.74, 6) is -0.402. The van der Waals surface area contributed by atoms with Crippen molar-refractivity contribution in [3.8, 4) is 17.2 Å². The maximum Gasteiger partial charge on any atom is 0.139 e. The molecule has 6 heteroatoms. The van der Waals surface area contributed by atoms with Gasteiger partial charge in [-0.2, -0.15) is 5.26 Å². The zero-order valence-electron chi connectivity index (χ0n) is 19.2. The Hall–Kier alpha value is -3.17. The largest absolute Gasteiger partial charge is 0.378 e. The summed E-state index contributed by atoms with van der Waals surface area (Å²) in [5, 5.41) is 21.3. The highest BCUT2D eigenvalue weighted by molar-refractivity contribution is 5.64. The van der Waals surface area contributed by atoms with E-state index in [1.54, 1.807) is 36.8 Å². The fourth-order valence-corrected chi connectivity index (χ4v) is 4.15. The molecule has 5 nitrogen and oxygen atoms in total. The molecule has 166 valence electrons. The molecule has 0 aliphatic heterocycles. The molecule has 32 heavy (non-hydrogen) atoms. The summed E-state index contributed by atoms with van der Waals surface area (Å²) in [7, 11) is 0. The Morgan fingerprint density at radius 3 is 2.09 bits per heavy atom. The van der Waals surface area contributed by atoms with Gasteiger partial charge in [0.15, 0.2) is 0 Å². The first-order valence-electron chi connectivity index (χ1n) is 10.8. The molecule has 1 N–H and O–H groups in total. The molecule has 0 spiro atoms. The van der Waals surface area contributed by atoms with E-state index >= 15 is 4.39 Å². The molecule has 1 unspecified atom stereocenters. The highest BCUT2D eigenvalue weighted by Crippen LogP contribution is 2.43. The van der Waals surface area contributed by atoms with Gasteiger partial charge in [0.1, 0.15) is 17.7 Å². The van der Waals surface area contributed by atoms with Gasteiger partial charge in [0.05, 0.1) is 17.2 Å². The van der Waals surface area contributed by atoms with E-state index < -0.39 is 22.2 Å². The van der Waals surface area contributed by atoms with E-state index in [-0.39, 0.29) is 0 Å². The molecule has 2 aromatic heterocycles. The fourth-order valence-electron chi connectivity index (χ4n) is 4.15. The van der Waals surface area contributed by atoms with Crippen LogP contribution >= 0.6 is 0 Å². The van der Waals surface area contributed by atoms with Gasteiger partial charge in [-0.3, -0.25) is 4.98 Å². The molecule has 0 bridgehead atoms. The van der Waals surface area contributed by atoms with Crippen LogP contribution in [0, 0.1) is 22.6 Å². The van der Waals surface area contributed by atoms with Crippen LogP contribution in [0.5, 0.6) is 0 Å². The Labute approximate surface area is 189 Å². The van der Waals surface area contributed by atoms with E-state index in [1.165, 1.54) is 12.4 Å². The van der Waals surface area contributed by atoms with Crippen LogP contribution in [-0.2, 0) is 11.0 Å². The molecule has 0 saturated carbocycles. The Balaban J connectivity index is 2.03. The van der Waals surface area contributed by atoms with Crippen LogP contribution in [0.15, 0.2) is 55.2 Å². The minimum absolute atomic E-state index is 0.397. The Kier molecular flexibility index (Phi) is 6.43. The molecule has 2 heterocycles. The van der Waals surface area contributed by atoms with Crippen LogP contribution in [0.4, 0.5) is 4.39 Å². The van der Waals surface area contributed by atoms with Crippen molar-refractivity contribution in [2.45, 2.75) is 58.5 Å². The number of pyridine rings is 1. The van der Waals surface area contributed by atoms with E-state index in [9.17, 15) is 10.4 Å². The molecular formula is C26H29FN4O. The third-order valence-electron chi connectivity index (χ3n) is 6.45. The first kappa shape index (κ1) is 23.5. The number of halogens is 1. The SMILES string of the molecule is CCC(C#N)(CC)c1ccc(-c2ccc(C(O)(c3cncnc3)C(C)(C)C)nc2)c(F)c1. The second-order valence-corrected chi connectivity index (χ2v) is 9.12. The number of rotatable bonds is 6. The molecule has 3 rings (SSSR count). The van der Waals surface area contributed by atoms with Crippen molar-refractivity contribution in [2.24, 2.45) is 5.41 Å². The standard InChI is InChI=1S/C26H29FN4O/c1-6-25(7-2,16-28)19-9-10-21(22(27)12-19)18-8-11-23(31-13-18)26(32,24(3,4)5)20-14-29-17-30-15-20/h8-15,17,32H,6-7H2,1-5H3. The molecule has 0 radical (unpaired) electrons. The fraction of sp³-hybridized carbons (Fsp3) is 0.385. The van der Waals surface area contributed by atoms with Crippen LogP contribution in [0.1, 0.15) is 64.3 Å². The van der Waals surface area contributed by atoms with Gasteiger partial charge in [0.2, 0.25) is 0 Å². The van der Waals surface area contributed by atoms with Gasteiger partial charge < -0.3 is 5.11 Å². The van der Waals surface area contributed by atoms with Crippen molar-refractivity contribution in [3.63, 3.8) is 0 Å². The average molecular weight is 433 g/mol. The van der Waals surface area contributed by atoms with Crippen molar-refractivity contribution in [1.29, 1.82) is 5.26 Å². The summed E-state index contributed by atoms with van der Waals surface area (Å²) in [5.41, 5.74) is -0.0757. The lowest BCUT2D eigenvalue weighted by atomic mass is 9.70. The summed E-state index contributed by atoms with van der Waals surface area (Å²) < 4.78 is 15.1. The monoisotopic (exact) mass is 432 g/mol. The quantitative estimate of drug-likeness (QED) is 0.553. The lowest BCUT2D eigenvalue weighted by Crippen LogP contribution is -2.42. The molecular weight excluding hydrogens is 403 g/mol. The smallest absolute Gasteiger partial charge is 0.139 e. The third kappa shape index (κ3) is 3.89. The number of hydrogen-bond acceptors (Lipinski definition) is 5. The Bertz CT molecular complexity index is 1110. The van der Waals surface area contributed by atoms with E-state index in [1.807, 2.05) is 40.7 Å². The van der Waals surface area contributed by atoms with Crippen LogP contribution in [0.2, 0.25) is 0 Å². The molecule has 0 aliphatic carbocycles. The normalized spacial score (nSPS) is 13.9. The molecule has 0 saturated heterocycles. The van der Waals surface area contributed by atoms with Crippen molar-refractivity contribution < 1.29 is 9.50 Å². The topological polar surface area (TPSA) is 82.7 Å². The van der Waals surface area contributed by atoms with Crippen LogP contribution in [0.25, 0.3) is 11.1 Å². The van der Waals surface area contributed by atoms with Gasteiger partial charge in [0.25, 0.3) is 0 Å². The van der Waals surface area contributed by atoms with Gasteiger partial charge in [-0.25, -0.2) is 14.4 Å². The van der Waals surface area contributed by atoms with Crippen LogP contribution < -0.4 is 0 Å². The number of nitrogens with zero attached hydrogens (tertiary/aromatic N) is 4. The zero-order chi connectivity index (χ0) is 23.6. The number of hydrogen-bond donors (Lipinski definition) is 1. The third-order valence-corrected chi connectivity index (χ3v) is 6.45. The number of aromatic nitrogens is 3. The Morgan fingerprint density at radius 2 is 1.62 bits per heavy atom. The second kappa shape index (κ2) is 8.76. The summed E-state index contributed by atoms with van der Waals surface area (Å²) >= 11 is 0. The lowest BCUT2D eigenvalue weighted by molar-refractivity contribution is -0.0301. The number of benzene rings is 1. The first-order chi connectivity index (χ1) is 15.1. The zero-order valence-corrected chi connectivity index (χ0v) is 19.2. The summed E-state index contributed by atoms with van der Waals surface area (Å²) in [6.07, 6.45) is 7.36. The minimum atomic E-state index is -1.43. The van der Waals surface area contributed by atoms with E-state index in [0.29, 0.717) is 40.8 Å². The highest BCUT2D eigenvalue weighted by atomic mass is 19.1. The number of aliphatic hydroxyl groups is 1. The highest BCUT2D eigenvalue weighted by Gasteiger charge is 2.45. The molecule has 0 fully saturated rings. The predicted octanol–water partition coefficient (Wildman–Crippen LogP) is 5.54. The van der Waals surface area contributed by atoms with Gasteiger partial charge in [0, 0.05) is 40.7 Å². The van der Waals surface area contributed by atoms with Crippen molar-refractivity contribution >= 4 is 0 Å². The van der Waals surface area contributed by atoms with E-state index in [4.69, 9.17) is 0 Å². The molecule has 0 aliphatic rings. The van der Waals surface area contributed by atoms with Crippen molar-refractivity contribution in [1.82, 2.24) is 15.0 Å². The summed E-state index contributed by atoms with van der Waals surface area (Å²) in [4.78, 5) is 12.6. The predicted molar refractivity (Wildman–Crippen MR) is 122 cm³/mol. The molecule has 1 aromatic carbocycles. The summed E-state index contributed by atoms with van der Waals surface area (Å²) in [6.45, 7) is 9.62. The second-order valence-electron chi connectivity index (χ2n) is 9.12. The summed E-state index contributed by atoms with van der Waals surface area (Å²) in [6, 6.07) is 10.8. The van der Waals surface area contributed by atoms with Crippen molar-refractivity contribution in [3.05, 3.63) is 77.9 Å². The van der Waals surface area contributed by atoms with Gasteiger partial charge in [-0.1, -0.05) is 52.8 Å². The van der Waals surface area contributed by atoms with E-state index in [0.717, 1.165) is 0 Å². The average Bonchev–Trinajstić information content (AvgIpc) is 2.80. The van der Waals surface area contributed by atoms with Gasteiger partial charge >= 0.3 is 0 Å². The minimum Gasteiger partial charge on any atom is -0.378 e. The first-order valence-corrected chi connectivity index (χ1v) is 10.8. The molecule has 0 amide bonds. The van der Waals surface area contributed by atoms with Gasteiger partial charge in [-0.15, -0.1) is 0 Å². The van der Waals surface area contributed by atoms with E-state index in [2.05, 4.69) is 21.0 Å². The lowest BCUT2D eigenvalue weighted by Gasteiger charge is -2.39. The maximum absolute atomic E-state index is 15.1. The van der Waals surface area contributed by atoms with Crippen molar-refractivity contribution in [2.75, 3.05) is 0 Å². The maximum atomic E-state index is 15.1. The van der Waals surface area contributed by atoms with Gasteiger partial charge in [-0.05, 0) is 30.5 Å². The van der Waals surface area contributed by atoms with Crippen LogP contribution in [-0.4, -0.2) is 20.1 Å². The molecule has 3 aromatic rings. The number of nitriles is 1.